The number of hydrogen-bond acceptors (Lipinski definition) is 3. The number of hydrogen-bond donors (Lipinski definition) is 2. The van der Waals surface area contributed by atoms with E-state index in [1.54, 1.807) is 0 Å². The van der Waals surface area contributed by atoms with Gasteiger partial charge >= 0.3 is 0 Å². The summed E-state index contributed by atoms with van der Waals surface area (Å²) in [4.78, 5) is 11.7. The molecule has 0 aromatic rings. The van der Waals surface area contributed by atoms with Gasteiger partial charge in [0.05, 0.1) is 6.10 Å². The standard InChI is InChI=1S/C13H26N2O2/c1-4-17-12-6-11(7-12)8-13(16)15-10(3)5-9(2)14/h9-12H,4-8,14H2,1-3H3,(H,15,16). The average Bonchev–Trinajstić information content (AvgIpc) is 2.12. The van der Waals surface area contributed by atoms with E-state index in [-0.39, 0.29) is 18.0 Å². The summed E-state index contributed by atoms with van der Waals surface area (Å²) in [6.45, 7) is 6.75. The highest BCUT2D eigenvalue weighted by molar-refractivity contribution is 5.76. The summed E-state index contributed by atoms with van der Waals surface area (Å²) in [6.07, 6.45) is 3.91. The number of carbonyl (C=O) groups is 1. The van der Waals surface area contributed by atoms with Crippen molar-refractivity contribution < 1.29 is 9.53 Å². The van der Waals surface area contributed by atoms with Crippen LogP contribution in [0.5, 0.6) is 0 Å². The first-order valence-corrected chi connectivity index (χ1v) is 6.67. The molecule has 2 atom stereocenters. The zero-order valence-electron chi connectivity index (χ0n) is 11.2. The van der Waals surface area contributed by atoms with E-state index in [4.69, 9.17) is 10.5 Å². The minimum atomic E-state index is 0.135. The highest BCUT2D eigenvalue weighted by Gasteiger charge is 2.31. The second-order valence-corrected chi connectivity index (χ2v) is 5.30. The lowest BCUT2D eigenvalue weighted by molar-refractivity contribution is -0.124. The molecule has 3 N–H and O–H groups in total. The Bertz CT molecular complexity index is 238. The van der Waals surface area contributed by atoms with Crippen molar-refractivity contribution in [2.24, 2.45) is 11.7 Å². The molecular weight excluding hydrogens is 216 g/mol. The van der Waals surface area contributed by atoms with Gasteiger partial charge in [-0.2, -0.15) is 0 Å². The molecule has 4 heteroatoms. The molecule has 1 rings (SSSR count). The first-order valence-electron chi connectivity index (χ1n) is 6.67. The molecule has 100 valence electrons. The van der Waals surface area contributed by atoms with Crippen LogP contribution in [0, 0.1) is 5.92 Å². The first-order chi connectivity index (χ1) is 8.01. The van der Waals surface area contributed by atoms with E-state index in [2.05, 4.69) is 5.32 Å². The van der Waals surface area contributed by atoms with Gasteiger partial charge in [0.2, 0.25) is 5.91 Å². The Morgan fingerprint density at radius 2 is 2.12 bits per heavy atom. The molecule has 0 aromatic heterocycles. The first kappa shape index (κ1) is 14.5. The lowest BCUT2D eigenvalue weighted by Gasteiger charge is -2.34. The van der Waals surface area contributed by atoms with Crippen LogP contribution >= 0.6 is 0 Å². The van der Waals surface area contributed by atoms with Gasteiger partial charge in [-0.05, 0) is 46.0 Å². The predicted octanol–water partition coefficient (Wildman–Crippen LogP) is 1.43. The molecule has 1 aliphatic carbocycles. The Morgan fingerprint density at radius 1 is 1.47 bits per heavy atom. The van der Waals surface area contributed by atoms with Crippen molar-refractivity contribution in [3.05, 3.63) is 0 Å². The SMILES string of the molecule is CCOC1CC(CC(=O)NC(C)CC(C)N)C1. The van der Waals surface area contributed by atoms with Gasteiger partial charge in [0.25, 0.3) is 0 Å². The van der Waals surface area contributed by atoms with Crippen molar-refractivity contribution in [1.82, 2.24) is 5.32 Å². The Hall–Kier alpha value is -0.610. The zero-order valence-corrected chi connectivity index (χ0v) is 11.2. The van der Waals surface area contributed by atoms with Crippen molar-refractivity contribution in [1.29, 1.82) is 0 Å². The molecule has 1 aliphatic rings. The second kappa shape index (κ2) is 6.97. The quantitative estimate of drug-likeness (QED) is 0.710. The van der Waals surface area contributed by atoms with Crippen molar-refractivity contribution in [2.75, 3.05) is 6.61 Å². The third-order valence-corrected chi connectivity index (χ3v) is 3.20. The fourth-order valence-electron chi connectivity index (χ4n) is 2.43. The molecule has 17 heavy (non-hydrogen) atoms. The Kier molecular flexibility index (Phi) is 5.92. The molecule has 0 radical (unpaired) electrons. The molecule has 1 amide bonds. The molecule has 1 saturated carbocycles. The van der Waals surface area contributed by atoms with Crippen LogP contribution in [0.3, 0.4) is 0 Å². The fourth-order valence-corrected chi connectivity index (χ4v) is 2.43. The molecule has 0 aliphatic heterocycles. The monoisotopic (exact) mass is 242 g/mol. The van der Waals surface area contributed by atoms with Gasteiger partial charge in [0, 0.05) is 25.1 Å². The summed E-state index contributed by atoms with van der Waals surface area (Å²) >= 11 is 0. The van der Waals surface area contributed by atoms with Gasteiger partial charge in [-0.15, -0.1) is 0 Å². The number of ether oxygens (including phenoxy) is 1. The highest BCUT2D eigenvalue weighted by Crippen LogP contribution is 2.32. The largest absolute Gasteiger partial charge is 0.378 e. The molecular formula is C13H26N2O2. The number of carbonyl (C=O) groups excluding carboxylic acids is 1. The maximum Gasteiger partial charge on any atom is 0.220 e. The van der Waals surface area contributed by atoms with Gasteiger partial charge in [0.1, 0.15) is 0 Å². The van der Waals surface area contributed by atoms with Crippen molar-refractivity contribution >= 4 is 5.91 Å². The summed E-state index contributed by atoms with van der Waals surface area (Å²) in [5.74, 6) is 0.659. The Morgan fingerprint density at radius 3 is 2.65 bits per heavy atom. The van der Waals surface area contributed by atoms with Crippen LogP contribution in [0.25, 0.3) is 0 Å². The average molecular weight is 242 g/mol. The van der Waals surface area contributed by atoms with Crippen LogP contribution in [-0.4, -0.2) is 30.7 Å². The van der Waals surface area contributed by atoms with E-state index in [1.807, 2.05) is 20.8 Å². The summed E-state index contributed by atoms with van der Waals surface area (Å²) in [7, 11) is 0. The molecule has 2 unspecified atom stereocenters. The highest BCUT2D eigenvalue weighted by atomic mass is 16.5. The van der Waals surface area contributed by atoms with E-state index in [0.29, 0.717) is 18.4 Å². The topological polar surface area (TPSA) is 64.3 Å². The molecule has 0 spiro atoms. The maximum atomic E-state index is 11.7. The number of rotatable bonds is 7. The van der Waals surface area contributed by atoms with Gasteiger partial charge < -0.3 is 15.8 Å². The van der Waals surface area contributed by atoms with Gasteiger partial charge in [-0.3, -0.25) is 4.79 Å². The lowest BCUT2D eigenvalue weighted by Crippen LogP contribution is -2.40. The van der Waals surface area contributed by atoms with Crippen molar-refractivity contribution in [3.63, 3.8) is 0 Å². The van der Waals surface area contributed by atoms with E-state index in [0.717, 1.165) is 25.9 Å². The Labute approximate surface area is 104 Å². The van der Waals surface area contributed by atoms with E-state index >= 15 is 0 Å². The van der Waals surface area contributed by atoms with E-state index < -0.39 is 0 Å². The van der Waals surface area contributed by atoms with Crippen molar-refractivity contribution in [2.45, 2.75) is 64.6 Å². The minimum absolute atomic E-state index is 0.135. The number of nitrogens with two attached hydrogens (primary N) is 1. The number of amides is 1. The molecule has 4 nitrogen and oxygen atoms in total. The van der Waals surface area contributed by atoms with Gasteiger partial charge in [0.15, 0.2) is 0 Å². The summed E-state index contributed by atoms with van der Waals surface area (Å²) in [5.41, 5.74) is 5.69. The van der Waals surface area contributed by atoms with Crippen molar-refractivity contribution in [3.8, 4) is 0 Å². The molecule has 0 heterocycles. The Balaban J connectivity index is 2.10. The van der Waals surface area contributed by atoms with Crippen LogP contribution in [-0.2, 0) is 9.53 Å². The fraction of sp³-hybridized carbons (Fsp3) is 0.923. The summed E-state index contributed by atoms with van der Waals surface area (Å²) < 4.78 is 5.48. The van der Waals surface area contributed by atoms with Crippen LogP contribution in [0.2, 0.25) is 0 Å². The lowest BCUT2D eigenvalue weighted by atomic mass is 9.80. The zero-order chi connectivity index (χ0) is 12.8. The summed E-state index contributed by atoms with van der Waals surface area (Å²) in [6, 6.07) is 0.307. The van der Waals surface area contributed by atoms with Gasteiger partial charge in [-0.1, -0.05) is 0 Å². The molecule has 0 saturated heterocycles. The van der Waals surface area contributed by atoms with Crippen LogP contribution in [0.4, 0.5) is 0 Å². The van der Waals surface area contributed by atoms with Crippen LogP contribution in [0.15, 0.2) is 0 Å². The predicted molar refractivity (Wildman–Crippen MR) is 68.6 cm³/mol. The maximum absolute atomic E-state index is 11.7. The minimum Gasteiger partial charge on any atom is -0.378 e. The smallest absolute Gasteiger partial charge is 0.220 e. The van der Waals surface area contributed by atoms with Crippen LogP contribution in [0.1, 0.15) is 46.5 Å². The summed E-state index contributed by atoms with van der Waals surface area (Å²) in [5, 5.41) is 3.00. The van der Waals surface area contributed by atoms with E-state index in [1.165, 1.54) is 0 Å². The van der Waals surface area contributed by atoms with E-state index in [9.17, 15) is 4.79 Å². The molecule has 0 bridgehead atoms. The van der Waals surface area contributed by atoms with Gasteiger partial charge in [-0.25, -0.2) is 0 Å². The third-order valence-electron chi connectivity index (χ3n) is 3.20. The molecule has 1 fully saturated rings. The normalized spacial score (nSPS) is 27.1. The second-order valence-electron chi connectivity index (χ2n) is 5.30. The third kappa shape index (κ3) is 5.50. The molecule has 0 aromatic carbocycles. The number of nitrogens with one attached hydrogen (secondary N) is 1. The van der Waals surface area contributed by atoms with Crippen LogP contribution < -0.4 is 11.1 Å².